The van der Waals surface area contributed by atoms with E-state index in [1.165, 1.54) is 0 Å². The maximum Gasteiger partial charge on any atom is 0.304 e. The Morgan fingerprint density at radius 3 is 2.33 bits per heavy atom. The van der Waals surface area contributed by atoms with E-state index in [-0.39, 0.29) is 6.61 Å². The van der Waals surface area contributed by atoms with Crippen molar-refractivity contribution in [2.75, 3.05) is 12.4 Å². The summed E-state index contributed by atoms with van der Waals surface area (Å²) in [5.74, 6) is -1.59. The number of aliphatic carboxylic acids is 1. The van der Waals surface area contributed by atoms with Crippen molar-refractivity contribution < 1.29 is 23.4 Å². The molecule has 0 unspecified atom stereocenters. The molecule has 0 atom stereocenters. The van der Waals surface area contributed by atoms with Gasteiger partial charge in [0.1, 0.15) is 0 Å². The van der Waals surface area contributed by atoms with Gasteiger partial charge >= 0.3 is 5.97 Å². The van der Waals surface area contributed by atoms with E-state index in [4.69, 9.17) is 10.2 Å². The molecule has 15 heavy (non-hydrogen) atoms. The molecule has 0 heterocycles. The lowest BCUT2D eigenvalue weighted by atomic mass is 9.78. The van der Waals surface area contributed by atoms with Crippen LogP contribution in [0.1, 0.15) is 25.7 Å². The number of sulfonamides is 1. The molecule has 0 aromatic carbocycles. The van der Waals surface area contributed by atoms with Crippen molar-refractivity contribution >= 4 is 16.0 Å². The zero-order valence-corrected chi connectivity index (χ0v) is 9.09. The van der Waals surface area contributed by atoms with E-state index in [1.54, 1.807) is 0 Å². The maximum atomic E-state index is 11.4. The number of hydrogen-bond acceptors (Lipinski definition) is 4. The summed E-state index contributed by atoms with van der Waals surface area (Å²) in [5.41, 5.74) is -0.739. The third kappa shape index (κ3) is 3.44. The SMILES string of the molecule is O=C(O)CCS(=O)(=O)NC1(CO)CCC1. The molecule has 0 amide bonds. The van der Waals surface area contributed by atoms with Gasteiger partial charge in [-0.25, -0.2) is 13.1 Å². The van der Waals surface area contributed by atoms with Gasteiger partial charge in [0, 0.05) is 0 Å². The zero-order valence-electron chi connectivity index (χ0n) is 8.27. The molecule has 1 aliphatic carbocycles. The highest BCUT2D eigenvalue weighted by Crippen LogP contribution is 2.31. The summed E-state index contributed by atoms with van der Waals surface area (Å²) in [7, 11) is -3.60. The summed E-state index contributed by atoms with van der Waals surface area (Å²) in [4.78, 5) is 10.2. The van der Waals surface area contributed by atoms with E-state index in [9.17, 15) is 13.2 Å². The van der Waals surface area contributed by atoms with Crippen LogP contribution in [0.2, 0.25) is 0 Å². The van der Waals surface area contributed by atoms with Crippen molar-refractivity contribution in [2.45, 2.75) is 31.2 Å². The molecule has 1 fully saturated rings. The van der Waals surface area contributed by atoms with Gasteiger partial charge in [0.2, 0.25) is 10.0 Å². The summed E-state index contributed by atoms with van der Waals surface area (Å²) in [6.07, 6.45) is 1.67. The second kappa shape index (κ2) is 4.46. The molecule has 7 heteroatoms. The molecule has 0 aromatic heterocycles. The molecule has 0 saturated heterocycles. The molecule has 0 bridgehead atoms. The van der Waals surface area contributed by atoms with Crippen molar-refractivity contribution in [3.05, 3.63) is 0 Å². The summed E-state index contributed by atoms with van der Waals surface area (Å²) in [6.45, 7) is -0.237. The van der Waals surface area contributed by atoms with Crippen LogP contribution in [-0.4, -0.2) is 42.5 Å². The first-order valence-corrected chi connectivity index (χ1v) is 6.39. The summed E-state index contributed by atoms with van der Waals surface area (Å²) in [5, 5.41) is 17.4. The highest BCUT2D eigenvalue weighted by atomic mass is 32.2. The summed E-state index contributed by atoms with van der Waals surface area (Å²) >= 11 is 0. The van der Waals surface area contributed by atoms with Crippen molar-refractivity contribution in [3.63, 3.8) is 0 Å². The number of carboxylic acids is 1. The number of carboxylic acid groups (broad SMARTS) is 1. The Balaban J connectivity index is 2.52. The topological polar surface area (TPSA) is 104 Å². The zero-order chi connectivity index (χ0) is 11.5. The second-order valence-electron chi connectivity index (χ2n) is 3.86. The third-order valence-electron chi connectivity index (χ3n) is 2.57. The lowest BCUT2D eigenvalue weighted by molar-refractivity contribution is -0.136. The quantitative estimate of drug-likeness (QED) is 0.566. The van der Waals surface area contributed by atoms with E-state index in [2.05, 4.69) is 4.72 Å². The van der Waals surface area contributed by atoms with Crippen LogP contribution in [-0.2, 0) is 14.8 Å². The van der Waals surface area contributed by atoms with Crippen molar-refractivity contribution in [2.24, 2.45) is 0 Å². The number of nitrogens with one attached hydrogen (secondary N) is 1. The minimum Gasteiger partial charge on any atom is -0.481 e. The lowest BCUT2D eigenvalue weighted by Crippen LogP contribution is -2.56. The first-order valence-electron chi connectivity index (χ1n) is 4.73. The summed E-state index contributed by atoms with van der Waals surface area (Å²) in [6, 6.07) is 0. The van der Waals surface area contributed by atoms with E-state index in [1.807, 2.05) is 0 Å². The highest BCUT2D eigenvalue weighted by Gasteiger charge is 2.39. The van der Waals surface area contributed by atoms with E-state index >= 15 is 0 Å². The van der Waals surface area contributed by atoms with Crippen LogP contribution in [0, 0.1) is 0 Å². The van der Waals surface area contributed by atoms with Gasteiger partial charge in [-0.2, -0.15) is 0 Å². The predicted octanol–water partition coefficient (Wildman–Crippen LogP) is -0.704. The first-order chi connectivity index (χ1) is 6.89. The van der Waals surface area contributed by atoms with Crippen LogP contribution >= 0.6 is 0 Å². The monoisotopic (exact) mass is 237 g/mol. The van der Waals surface area contributed by atoms with Gasteiger partial charge < -0.3 is 10.2 Å². The Morgan fingerprint density at radius 1 is 1.40 bits per heavy atom. The lowest BCUT2D eigenvalue weighted by Gasteiger charge is -2.40. The molecular formula is C8H15NO5S. The van der Waals surface area contributed by atoms with Gasteiger partial charge in [0.15, 0.2) is 0 Å². The van der Waals surface area contributed by atoms with Crippen LogP contribution < -0.4 is 4.72 Å². The Hall–Kier alpha value is -0.660. The van der Waals surface area contributed by atoms with Crippen LogP contribution in [0.4, 0.5) is 0 Å². The number of hydrogen-bond donors (Lipinski definition) is 3. The second-order valence-corrected chi connectivity index (χ2v) is 5.70. The maximum absolute atomic E-state index is 11.4. The van der Waals surface area contributed by atoms with E-state index < -0.39 is 33.7 Å². The smallest absolute Gasteiger partial charge is 0.304 e. The van der Waals surface area contributed by atoms with Crippen LogP contribution in [0.25, 0.3) is 0 Å². The largest absolute Gasteiger partial charge is 0.481 e. The Bertz CT molecular complexity index is 327. The average Bonchev–Trinajstić information content (AvgIpc) is 2.09. The molecule has 88 valence electrons. The van der Waals surface area contributed by atoms with Crippen LogP contribution in [0.15, 0.2) is 0 Å². The number of rotatable bonds is 6. The molecule has 3 N–H and O–H groups in total. The van der Waals surface area contributed by atoms with Gasteiger partial charge in [-0.1, -0.05) is 0 Å². The fraction of sp³-hybridized carbons (Fsp3) is 0.875. The van der Waals surface area contributed by atoms with Gasteiger partial charge in [0.25, 0.3) is 0 Å². The Morgan fingerprint density at radius 2 is 2.00 bits per heavy atom. The molecular weight excluding hydrogens is 222 g/mol. The van der Waals surface area contributed by atoms with Crippen molar-refractivity contribution in [1.82, 2.24) is 4.72 Å². The predicted molar refractivity (Wildman–Crippen MR) is 52.8 cm³/mol. The molecule has 1 rings (SSSR count). The minimum atomic E-state index is -3.60. The molecule has 1 aliphatic rings. The van der Waals surface area contributed by atoms with Crippen LogP contribution in [0.3, 0.4) is 0 Å². The average molecular weight is 237 g/mol. The van der Waals surface area contributed by atoms with Crippen molar-refractivity contribution in [1.29, 1.82) is 0 Å². The fourth-order valence-electron chi connectivity index (χ4n) is 1.50. The molecule has 0 radical (unpaired) electrons. The molecule has 1 saturated carbocycles. The minimum absolute atomic E-state index is 0.237. The summed E-state index contributed by atoms with van der Waals surface area (Å²) < 4.78 is 25.2. The van der Waals surface area contributed by atoms with E-state index in [0.717, 1.165) is 6.42 Å². The normalized spacial score (nSPS) is 19.5. The van der Waals surface area contributed by atoms with E-state index in [0.29, 0.717) is 12.8 Å². The molecule has 0 spiro atoms. The van der Waals surface area contributed by atoms with Crippen molar-refractivity contribution in [3.8, 4) is 0 Å². The molecule has 6 nitrogen and oxygen atoms in total. The standard InChI is InChI=1S/C8H15NO5S/c10-6-8(3-1-4-8)9-15(13,14)5-2-7(11)12/h9-10H,1-6H2,(H,11,12). The molecule has 0 aromatic rings. The first kappa shape index (κ1) is 12.4. The van der Waals surface area contributed by atoms with Crippen LogP contribution in [0.5, 0.6) is 0 Å². The number of aliphatic hydroxyl groups excluding tert-OH is 1. The van der Waals surface area contributed by atoms with Gasteiger partial charge in [-0.05, 0) is 19.3 Å². The van der Waals surface area contributed by atoms with Gasteiger partial charge in [-0.15, -0.1) is 0 Å². The highest BCUT2D eigenvalue weighted by molar-refractivity contribution is 7.89. The fourth-order valence-corrected chi connectivity index (χ4v) is 2.97. The Kier molecular flexibility index (Phi) is 3.69. The van der Waals surface area contributed by atoms with Gasteiger partial charge in [-0.3, -0.25) is 4.79 Å². The number of carbonyl (C=O) groups is 1. The Labute approximate surface area is 88.3 Å². The number of aliphatic hydroxyl groups is 1. The molecule has 0 aliphatic heterocycles. The third-order valence-corrected chi connectivity index (χ3v) is 4.06. The van der Waals surface area contributed by atoms with Gasteiger partial charge in [0.05, 0.1) is 24.3 Å².